The first-order valence-electron chi connectivity index (χ1n) is 11.4. The highest BCUT2D eigenvalue weighted by molar-refractivity contribution is 5.77. The van der Waals surface area contributed by atoms with E-state index in [1.165, 1.54) is 16.8 Å². The quantitative estimate of drug-likeness (QED) is 0.381. The van der Waals surface area contributed by atoms with Gasteiger partial charge in [0.1, 0.15) is 40.4 Å². The molecule has 0 spiro atoms. The van der Waals surface area contributed by atoms with Crippen LogP contribution in [0.2, 0.25) is 0 Å². The number of fused-ring (bicyclic) bond motifs is 1. The van der Waals surface area contributed by atoms with Crippen molar-refractivity contribution in [1.82, 2.24) is 4.40 Å². The number of ether oxygens (including phenoxy) is 3. The van der Waals surface area contributed by atoms with E-state index in [2.05, 4.69) is 85.6 Å². The first-order valence-corrected chi connectivity index (χ1v) is 11.4. The molecule has 180 valence electrons. The Morgan fingerprint density at radius 3 is 1.82 bits per heavy atom. The molecule has 0 atom stereocenters. The summed E-state index contributed by atoms with van der Waals surface area (Å²) in [5.41, 5.74) is 6.88. The van der Waals surface area contributed by atoms with Crippen molar-refractivity contribution < 1.29 is 31.2 Å². The molecule has 34 heavy (non-hydrogen) atoms. The Labute approximate surface area is 208 Å². The number of halogens is 1. The molecule has 0 aliphatic heterocycles. The first-order chi connectivity index (χ1) is 15.9. The van der Waals surface area contributed by atoms with Crippen molar-refractivity contribution in [1.29, 1.82) is 0 Å². The van der Waals surface area contributed by atoms with Crippen LogP contribution in [0.25, 0.3) is 22.5 Å². The molecular formula is C28H33ClN2O3. The highest BCUT2D eigenvalue weighted by Gasteiger charge is 2.24. The molecule has 2 heterocycles. The normalized spacial score (nSPS) is 11.1. The van der Waals surface area contributed by atoms with Crippen molar-refractivity contribution in [3.8, 4) is 34.2 Å². The number of methoxy groups -OCH3 is 3. The summed E-state index contributed by atoms with van der Waals surface area (Å²) in [6.45, 7) is 8.99. The summed E-state index contributed by atoms with van der Waals surface area (Å²) >= 11 is 0. The second-order valence-corrected chi connectivity index (χ2v) is 8.86. The van der Waals surface area contributed by atoms with Crippen molar-refractivity contribution >= 4 is 5.52 Å². The van der Waals surface area contributed by atoms with Crippen LogP contribution in [0, 0.1) is 0 Å². The van der Waals surface area contributed by atoms with Crippen LogP contribution in [0.3, 0.4) is 0 Å². The van der Waals surface area contributed by atoms with Gasteiger partial charge in [0, 0.05) is 23.3 Å². The first kappa shape index (κ1) is 25.4. The van der Waals surface area contributed by atoms with E-state index in [0.29, 0.717) is 29.1 Å². The van der Waals surface area contributed by atoms with E-state index in [-0.39, 0.29) is 12.4 Å². The molecule has 0 unspecified atom stereocenters. The molecule has 6 heteroatoms. The van der Waals surface area contributed by atoms with Crippen LogP contribution >= 0.6 is 0 Å². The Hall–Kier alpha value is -3.18. The lowest BCUT2D eigenvalue weighted by Crippen LogP contribution is -3.00. The number of para-hydroxylation sites is 1. The van der Waals surface area contributed by atoms with Gasteiger partial charge in [0.05, 0.1) is 21.3 Å². The molecule has 0 N–H and O–H groups in total. The maximum Gasteiger partial charge on any atom is 0.254 e. The Bertz CT molecular complexity index is 1240. The van der Waals surface area contributed by atoms with Crippen molar-refractivity contribution in [3.63, 3.8) is 0 Å². The fraction of sp³-hybridized carbons (Fsp3) is 0.321. The summed E-state index contributed by atoms with van der Waals surface area (Å²) in [7, 11) is 4.98. The van der Waals surface area contributed by atoms with E-state index >= 15 is 0 Å². The third-order valence-corrected chi connectivity index (χ3v) is 6.14. The molecule has 0 amide bonds. The van der Waals surface area contributed by atoms with Crippen LogP contribution in [0.5, 0.6) is 17.2 Å². The smallest absolute Gasteiger partial charge is 0.254 e. The largest absolute Gasteiger partial charge is 1.00 e. The summed E-state index contributed by atoms with van der Waals surface area (Å²) in [5, 5.41) is 0. The minimum Gasteiger partial charge on any atom is -1.00 e. The standard InChI is InChI=1S/C28H33N2O3.ClH/c1-18(2)22-11-9-12-23(19(3)4)28(22)29-16-20-10-8-13-24(30(20)17-29)27-25(32-6)14-21(31-5)15-26(27)33-7;/h8-19H,1-7H3;1H/q+1;/p-1. The van der Waals surface area contributed by atoms with Gasteiger partial charge in [-0.3, -0.25) is 0 Å². The Balaban J connectivity index is 0.00000324. The van der Waals surface area contributed by atoms with Gasteiger partial charge in [-0.1, -0.05) is 52.0 Å². The van der Waals surface area contributed by atoms with Gasteiger partial charge in [0.25, 0.3) is 6.33 Å². The third kappa shape index (κ3) is 4.45. The van der Waals surface area contributed by atoms with Crippen LogP contribution < -0.4 is 31.2 Å². The highest BCUT2D eigenvalue weighted by Crippen LogP contribution is 2.42. The van der Waals surface area contributed by atoms with E-state index < -0.39 is 0 Å². The fourth-order valence-corrected chi connectivity index (χ4v) is 4.47. The molecule has 5 nitrogen and oxygen atoms in total. The summed E-state index contributed by atoms with van der Waals surface area (Å²) < 4.78 is 21.4. The maximum absolute atomic E-state index is 5.75. The number of benzene rings is 2. The Kier molecular flexibility index (Phi) is 7.78. The second kappa shape index (κ2) is 10.4. The molecule has 0 fully saturated rings. The molecule has 0 aliphatic carbocycles. The van der Waals surface area contributed by atoms with Gasteiger partial charge in [-0.2, -0.15) is 4.40 Å². The minimum absolute atomic E-state index is 0. The molecule has 2 aromatic carbocycles. The van der Waals surface area contributed by atoms with Gasteiger partial charge >= 0.3 is 0 Å². The summed E-state index contributed by atoms with van der Waals surface area (Å²) in [5.74, 6) is 2.91. The van der Waals surface area contributed by atoms with E-state index in [9.17, 15) is 0 Å². The number of aromatic nitrogens is 2. The van der Waals surface area contributed by atoms with E-state index in [4.69, 9.17) is 14.2 Å². The molecular weight excluding hydrogens is 448 g/mol. The van der Waals surface area contributed by atoms with Crippen molar-refractivity contribution in [2.45, 2.75) is 39.5 Å². The van der Waals surface area contributed by atoms with Gasteiger partial charge < -0.3 is 26.6 Å². The zero-order valence-electron chi connectivity index (χ0n) is 20.9. The molecule has 2 aromatic heterocycles. The lowest BCUT2D eigenvalue weighted by atomic mass is 9.92. The molecule has 0 saturated carbocycles. The number of nitrogens with zero attached hydrogens (tertiary/aromatic N) is 2. The second-order valence-electron chi connectivity index (χ2n) is 8.86. The van der Waals surface area contributed by atoms with Crippen LogP contribution in [-0.2, 0) is 0 Å². The zero-order valence-corrected chi connectivity index (χ0v) is 21.7. The number of imidazole rings is 1. The number of hydrogen-bond acceptors (Lipinski definition) is 3. The average molecular weight is 481 g/mol. The summed E-state index contributed by atoms with van der Waals surface area (Å²) in [6.07, 6.45) is 4.35. The Morgan fingerprint density at radius 1 is 0.765 bits per heavy atom. The lowest BCUT2D eigenvalue weighted by molar-refractivity contribution is -0.595. The topological polar surface area (TPSA) is 36.0 Å². The number of hydrogen-bond donors (Lipinski definition) is 0. The van der Waals surface area contributed by atoms with Crippen molar-refractivity contribution in [2.75, 3.05) is 21.3 Å². The van der Waals surface area contributed by atoms with E-state index in [1.807, 2.05) is 12.1 Å². The van der Waals surface area contributed by atoms with Gasteiger partial charge in [0.2, 0.25) is 0 Å². The molecule has 0 aliphatic rings. The van der Waals surface area contributed by atoms with Crippen molar-refractivity contribution in [2.24, 2.45) is 0 Å². The highest BCUT2D eigenvalue weighted by atomic mass is 35.5. The van der Waals surface area contributed by atoms with Gasteiger partial charge in [-0.05, 0) is 24.0 Å². The Morgan fingerprint density at radius 2 is 1.32 bits per heavy atom. The number of rotatable bonds is 7. The van der Waals surface area contributed by atoms with Crippen LogP contribution in [0.4, 0.5) is 0 Å². The number of pyridine rings is 1. The van der Waals surface area contributed by atoms with Crippen molar-refractivity contribution in [3.05, 3.63) is 72.2 Å². The van der Waals surface area contributed by atoms with E-state index in [1.54, 1.807) is 21.3 Å². The molecule has 0 bridgehead atoms. The maximum atomic E-state index is 5.75. The molecule has 4 aromatic rings. The van der Waals surface area contributed by atoms with Crippen LogP contribution in [-0.4, -0.2) is 25.7 Å². The molecule has 4 rings (SSSR count). The summed E-state index contributed by atoms with van der Waals surface area (Å²) in [4.78, 5) is 0. The average Bonchev–Trinajstić information content (AvgIpc) is 3.26. The SMILES string of the molecule is COc1cc(OC)c(-c2cccc3c[n+](-c4c(C(C)C)cccc4C(C)C)cn23)c(OC)c1.[Cl-]. The zero-order chi connectivity index (χ0) is 23.7. The fourth-order valence-electron chi connectivity index (χ4n) is 4.47. The van der Waals surface area contributed by atoms with E-state index in [0.717, 1.165) is 16.8 Å². The minimum atomic E-state index is 0. The summed E-state index contributed by atoms with van der Waals surface area (Å²) in [6, 6.07) is 16.7. The van der Waals surface area contributed by atoms with Gasteiger partial charge in [-0.25, -0.2) is 4.57 Å². The predicted molar refractivity (Wildman–Crippen MR) is 132 cm³/mol. The van der Waals surface area contributed by atoms with Gasteiger partial charge in [-0.15, -0.1) is 0 Å². The lowest BCUT2D eigenvalue weighted by Gasteiger charge is -2.16. The predicted octanol–water partition coefficient (Wildman–Crippen LogP) is 3.16. The van der Waals surface area contributed by atoms with Gasteiger partial charge in [0.15, 0.2) is 5.52 Å². The molecule has 0 radical (unpaired) electrons. The van der Waals surface area contributed by atoms with Crippen LogP contribution in [0.15, 0.2) is 61.1 Å². The monoisotopic (exact) mass is 480 g/mol. The van der Waals surface area contributed by atoms with Crippen LogP contribution in [0.1, 0.15) is 50.7 Å². The third-order valence-electron chi connectivity index (χ3n) is 6.14. The molecule has 0 saturated heterocycles.